The molecule has 1 aromatic heterocycles. The van der Waals surface area contributed by atoms with Crippen molar-refractivity contribution >= 4 is 19.9 Å². The number of rotatable bonds is 10. The highest BCUT2D eigenvalue weighted by Crippen LogP contribution is 2.60. The summed E-state index contributed by atoms with van der Waals surface area (Å²) in [5.41, 5.74) is -1.10. The Balaban J connectivity index is 1.44. The molecule has 7 rings (SSSR count). The highest BCUT2D eigenvalue weighted by Gasteiger charge is 2.67. The molecule has 0 fully saturated rings. The van der Waals surface area contributed by atoms with Gasteiger partial charge in [-0.3, -0.25) is 14.5 Å². The van der Waals surface area contributed by atoms with Crippen LogP contribution in [-0.4, -0.2) is 61.9 Å². The number of aromatic nitrogens is 1. The molecule has 3 aromatic carbocycles. The average Bonchev–Trinajstić information content (AvgIpc) is 3.56. The largest absolute Gasteiger partial charge is 0.508 e. The summed E-state index contributed by atoms with van der Waals surface area (Å²) in [6.07, 6.45) is -0.0773. The van der Waals surface area contributed by atoms with E-state index in [0.717, 1.165) is 12.7 Å². The van der Waals surface area contributed by atoms with Crippen molar-refractivity contribution in [1.29, 1.82) is 0 Å². The summed E-state index contributed by atoms with van der Waals surface area (Å²) in [6, 6.07) is 17.7. The molecule has 0 spiro atoms. The van der Waals surface area contributed by atoms with Crippen LogP contribution in [0, 0.1) is 23.5 Å². The maximum Gasteiger partial charge on any atom is 0.265 e. The number of aliphatic hydroxyl groups excluding tert-OH is 1. The van der Waals surface area contributed by atoms with Crippen LogP contribution >= 0.6 is 0 Å². The fourth-order valence-electron chi connectivity index (χ4n) is 8.03. The number of carbonyl (C=O) groups is 2. The zero-order chi connectivity index (χ0) is 39.6. The second-order valence-corrected chi connectivity index (χ2v) is 21.0. The molecule has 0 saturated heterocycles. The topological polar surface area (TPSA) is 121 Å². The first-order valence-electron chi connectivity index (χ1n) is 18.3. The van der Waals surface area contributed by atoms with E-state index in [1.165, 1.54) is 0 Å². The van der Waals surface area contributed by atoms with Gasteiger partial charge in [0.2, 0.25) is 17.3 Å². The summed E-state index contributed by atoms with van der Waals surface area (Å²) in [5.74, 6) is -6.88. The Bertz CT molecular complexity index is 2180. The van der Waals surface area contributed by atoms with Crippen molar-refractivity contribution in [2.24, 2.45) is 11.8 Å². The molecule has 4 atom stereocenters. The fraction of sp³-hybridized carbons (Fsp3) is 0.405. The molecule has 0 saturated carbocycles. The Morgan fingerprint density at radius 3 is 2.09 bits per heavy atom. The van der Waals surface area contributed by atoms with E-state index >= 15 is 13.6 Å². The standard InChI is InChI=1S/C42H46F2N2O8Si/c1-41(2,3)55(7,8)54-42-27(33(46(4)5)35-30(39(42)49)40(45-53-35)52-22-24-17-13-10-14-18-24)20-25-19-26-29(34(47)28(25)38(42)48)36(37(50-6)32(44)31(26)43)51-21-23-15-11-9-12-16-23/h9-18,25,27,33,48H,19-22H2,1-8H3/t25-,27-,33-,42-/m0/s1. The quantitative estimate of drug-likeness (QED) is 0.157. The van der Waals surface area contributed by atoms with Gasteiger partial charge in [0.05, 0.1) is 18.7 Å². The minimum atomic E-state index is -2.98. The summed E-state index contributed by atoms with van der Waals surface area (Å²) in [6.45, 7) is 9.97. The van der Waals surface area contributed by atoms with E-state index in [-0.39, 0.29) is 65.7 Å². The third-order valence-electron chi connectivity index (χ3n) is 11.7. The molecule has 4 aromatic rings. The Hall–Kier alpha value is -4.85. The minimum absolute atomic E-state index is 0.0144. The van der Waals surface area contributed by atoms with Crippen LogP contribution in [0.25, 0.3) is 0 Å². The number of Topliss-reactive ketones (excluding diaryl/α,β-unsaturated/α-hetero) is 2. The lowest BCUT2D eigenvalue weighted by atomic mass is 9.58. The number of fused-ring (bicyclic) bond motifs is 4. The van der Waals surface area contributed by atoms with Crippen LogP contribution in [-0.2, 0) is 24.1 Å². The number of carbonyl (C=O) groups excluding carboxylic acids is 2. The lowest BCUT2D eigenvalue weighted by Crippen LogP contribution is -2.65. The van der Waals surface area contributed by atoms with E-state index < -0.39 is 71.5 Å². The molecule has 0 amide bonds. The SMILES string of the molecule is COc1c(F)c(F)c2c(c1OCc1ccccc1)C(=O)C1=C(O)[C@]3(O[Si](C)(C)C(C)(C)C)C(=O)c4c(OCc5ccccc5)noc4[C@@H](N(C)C)[C@@H]3C[C@@H]1C2. The maximum absolute atomic E-state index is 16.1. The molecular weight excluding hydrogens is 727 g/mol. The van der Waals surface area contributed by atoms with Gasteiger partial charge in [-0.05, 0) is 67.3 Å². The summed E-state index contributed by atoms with van der Waals surface area (Å²) < 4.78 is 62.4. The number of nitrogens with zero attached hydrogens (tertiary/aromatic N) is 2. The van der Waals surface area contributed by atoms with Crippen molar-refractivity contribution < 1.29 is 46.6 Å². The van der Waals surface area contributed by atoms with Gasteiger partial charge in [-0.25, -0.2) is 4.39 Å². The van der Waals surface area contributed by atoms with E-state index in [9.17, 15) is 9.90 Å². The molecule has 0 radical (unpaired) electrons. The highest BCUT2D eigenvalue weighted by atomic mass is 28.4. The Morgan fingerprint density at radius 2 is 1.53 bits per heavy atom. The molecule has 3 aliphatic rings. The first-order valence-corrected chi connectivity index (χ1v) is 21.2. The molecule has 290 valence electrons. The monoisotopic (exact) mass is 772 g/mol. The lowest BCUT2D eigenvalue weighted by Gasteiger charge is -2.55. The first-order chi connectivity index (χ1) is 26.0. The van der Waals surface area contributed by atoms with Crippen molar-refractivity contribution in [1.82, 2.24) is 10.1 Å². The molecular formula is C42H46F2N2O8Si. The number of ether oxygens (including phenoxy) is 3. The molecule has 0 bridgehead atoms. The lowest BCUT2D eigenvalue weighted by molar-refractivity contribution is -0.0481. The predicted octanol–water partition coefficient (Wildman–Crippen LogP) is 8.57. The van der Waals surface area contributed by atoms with Gasteiger partial charge in [-0.15, -0.1) is 0 Å². The van der Waals surface area contributed by atoms with Gasteiger partial charge in [-0.2, -0.15) is 4.39 Å². The van der Waals surface area contributed by atoms with Gasteiger partial charge in [0.15, 0.2) is 37.0 Å². The van der Waals surface area contributed by atoms with Crippen LogP contribution in [0.1, 0.15) is 76.4 Å². The van der Waals surface area contributed by atoms with Crippen molar-refractivity contribution in [2.75, 3.05) is 21.2 Å². The van der Waals surface area contributed by atoms with Gasteiger partial charge in [0.25, 0.3) is 5.88 Å². The normalized spacial score (nSPS) is 22.2. The van der Waals surface area contributed by atoms with Crippen LogP contribution < -0.4 is 14.2 Å². The number of hydrogen-bond donors (Lipinski definition) is 1. The molecule has 3 aliphatic carbocycles. The van der Waals surface area contributed by atoms with Gasteiger partial charge in [-0.1, -0.05) is 81.4 Å². The molecule has 0 aliphatic heterocycles. The number of aliphatic hydroxyl groups is 1. The van der Waals surface area contributed by atoms with Crippen LogP contribution in [0.4, 0.5) is 8.78 Å². The number of halogens is 2. The van der Waals surface area contributed by atoms with E-state index in [0.29, 0.717) is 5.56 Å². The molecule has 55 heavy (non-hydrogen) atoms. The smallest absolute Gasteiger partial charge is 0.265 e. The predicted molar refractivity (Wildman–Crippen MR) is 202 cm³/mol. The van der Waals surface area contributed by atoms with E-state index in [1.807, 2.05) is 89.3 Å². The zero-order valence-electron chi connectivity index (χ0n) is 32.3. The number of benzene rings is 3. The van der Waals surface area contributed by atoms with Crippen LogP contribution in [0.3, 0.4) is 0 Å². The maximum atomic E-state index is 16.1. The van der Waals surface area contributed by atoms with E-state index in [1.54, 1.807) is 24.3 Å². The Morgan fingerprint density at radius 1 is 0.927 bits per heavy atom. The van der Waals surface area contributed by atoms with E-state index in [4.69, 9.17) is 23.2 Å². The third-order valence-corrected chi connectivity index (χ3v) is 16.2. The average molecular weight is 773 g/mol. The number of ketones is 2. The summed E-state index contributed by atoms with van der Waals surface area (Å²) in [5, 5.41) is 16.6. The van der Waals surface area contributed by atoms with Gasteiger partial charge in [0.1, 0.15) is 24.5 Å². The Kier molecular flexibility index (Phi) is 9.79. The highest BCUT2D eigenvalue weighted by molar-refractivity contribution is 6.74. The van der Waals surface area contributed by atoms with Crippen LogP contribution in [0.15, 0.2) is 76.5 Å². The molecule has 1 heterocycles. The van der Waals surface area contributed by atoms with Crippen molar-refractivity contribution in [3.05, 3.63) is 117 Å². The van der Waals surface area contributed by atoms with Gasteiger partial charge >= 0.3 is 0 Å². The zero-order valence-corrected chi connectivity index (χ0v) is 33.3. The second kappa shape index (κ2) is 14.0. The number of hydrogen-bond acceptors (Lipinski definition) is 10. The Labute approximate surface area is 320 Å². The summed E-state index contributed by atoms with van der Waals surface area (Å²) in [7, 11) is 1.80. The second-order valence-electron chi connectivity index (χ2n) is 16.3. The van der Waals surface area contributed by atoms with Crippen molar-refractivity contribution in [3.8, 4) is 17.4 Å². The van der Waals surface area contributed by atoms with Gasteiger partial charge < -0.3 is 28.3 Å². The summed E-state index contributed by atoms with van der Waals surface area (Å²) >= 11 is 0. The fourth-order valence-corrected chi connectivity index (χ4v) is 9.48. The molecule has 0 unspecified atom stereocenters. The number of methoxy groups -OCH3 is 1. The molecule has 1 N–H and O–H groups in total. The van der Waals surface area contributed by atoms with E-state index in [2.05, 4.69) is 5.16 Å². The van der Waals surface area contributed by atoms with Crippen molar-refractivity contribution in [2.45, 2.75) is 76.6 Å². The van der Waals surface area contributed by atoms with Crippen molar-refractivity contribution in [3.63, 3.8) is 0 Å². The minimum Gasteiger partial charge on any atom is -0.508 e. The molecule has 10 nitrogen and oxygen atoms in total. The third kappa shape index (κ3) is 6.16. The number of allylic oxidation sites excluding steroid dienone is 1. The molecule has 13 heteroatoms. The first kappa shape index (κ1) is 38.4. The summed E-state index contributed by atoms with van der Waals surface area (Å²) in [4.78, 5) is 32.3. The van der Waals surface area contributed by atoms with Crippen LogP contribution in [0.2, 0.25) is 18.1 Å². The van der Waals surface area contributed by atoms with Gasteiger partial charge in [0, 0.05) is 17.1 Å². The van der Waals surface area contributed by atoms with Crippen LogP contribution in [0.5, 0.6) is 17.4 Å².